The Morgan fingerprint density at radius 2 is 1.93 bits per heavy atom. The van der Waals surface area contributed by atoms with Crippen molar-refractivity contribution in [3.63, 3.8) is 0 Å². The summed E-state index contributed by atoms with van der Waals surface area (Å²) < 4.78 is 11.9. The third-order valence-corrected chi connectivity index (χ3v) is 4.49. The van der Waals surface area contributed by atoms with Gasteiger partial charge in [0.25, 0.3) is 0 Å². The number of carbonyl (C=O) groups is 1. The molecule has 146 valence electrons. The lowest BCUT2D eigenvalue weighted by molar-refractivity contribution is 0.0504. The molecule has 0 heterocycles. The molecule has 1 fully saturated rings. The number of halogens is 1. The van der Waals surface area contributed by atoms with Crippen LogP contribution in [0.5, 0.6) is 0 Å². The molecule has 0 spiro atoms. The van der Waals surface area contributed by atoms with Crippen LogP contribution in [0, 0.1) is 11.8 Å². The third-order valence-electron chi connectivity index (χ3n) is 3.96. The zero-order chi connectivity index (χ0) is 19.9. The van der Waals surface area contributed by atoms with E-state index in [4.69, 9.17) is 9.47 Å². The van der Waals surface area contributed by atoms with E-state index in [1.165, 1.54) is 0 Å². The Morgan fingerprint density at radius 3 is 2.52 bits per heavy atom. The van der Waals surface area contributed by atoms with Crippen molar-refractivity contribution < 1.29 is 19.1 Å². The molecular formula is C21H27BrNO4+. The van der Waals surface area contributed by atoms with Crippen molar-refractivity contribution in [1.29, 1.82) is 0 Å². The van der Waals surface area contributed by atoms with Crippen molar-refractivity contribution >= 4 is 28.0 Å². The minimum Gasteiger partial charge on any atom is -0.444 e. The molecule has 6 heteroatoms. The summed E-state index contributed by atoms with van der Waals surface area (Å²) in [6, 6.07) is 6.86. The number of amides is 1. The number of hydrogen-bond donors (Lipinski definition) is 1. The second-order valence-corrected chi connectivity index (χ2v) is 8.49. The van der Waals surface area contributed by atoms with Crippen LogP contribution in [-0.2, 0) is 9.47 Å². The smallest absolute Gasteiger partial charge is 0.444 e. The number of benzene rings is 1. The Hall–Kier alpha value is -2.00. The molecule has 1 saturated carbocycles. The van der Waals surface area contributed by atoms with E-state index in [0.29, 0.717) is 0 Å². The Bertz CT molecular complexity index is 706. The molecule has 1 aliphatic carbocycles. The zero-order valence-electron chi connectivity index (χ0n) is 16.0. The summed E-state index contributed by atoms with van der Waals surface area (Å²) in [5.41, 5.74) is 0.227. The van der Waals surface area contributed by atoms with Crippen LogP contribution in [0.3, 0.4) is 0 Å². The lowest BCUT2D eigenvalue weighted by Crippen LogP contribution is -2.45. The highest BCUT2D eigenvalue weighted by molar-refractivity contribution is 9.10. The first-order valence-corrected chi connectivity index (χ1v) is 9.98. The van der Waals surface area contributed by atoms with Crippen LogP contribution in [0.1, 0.15) is 58.4 Å². The van der Waals surface area contributed by atoms with Gasteiger partial charge in [0.2, 0.25) is 0 Å². The highest BCUT2D eigenvalue weighted by Crippen LogP contribution is 2.21. The molecule has 0 aromatic heterocycles. The Balaban J connectivity index is 2.02. The largest absolute Gasteiger partial charge is 0.507 e. The fraction of sp³-hybridized carbons (Fsp3) is 0.524. The first kappa shape index (κ1) is 21.3. The highest BCUT2D eigenvalue weighted by Gasteiger charge is 2.34. The minimum atomic E-state index is -0.747. The summed E-state index contributed by atoms with van der Waals surface area (Å²) in [5.74, 6) is 5.82. The highest BCUT2D eigenvalue weighted by atomic mass is 79.9. The van der Waals surface area contributed by atoms with Crippen molar-refractivity contribution in [1.82, 2.24) is 5.32 Å². The van der Waals surface area contributed by atoms with E-state index >= 15 is 0 Å². The van der Waals surface area contributed by atoms with E-state index in [1.54, 1.807) is 20.8 Å². The first-order chi connectivity index (χ1) is 12.7. The number of alkyl carbamates (subject to hydrolysis) is 1. The van der Waals surface area contributed by atoms with Crippen LogP contribution in [0.15, 0.2) is 28.7 Å². The molecule has 27 heavy (non-hydrogen) atoms. The van der Waals surface area contributed by atoms with Crippen LogP contribution in [-0.4, -0.2) is 34.6 Å². The number of ether oxygens (including phenoxy) is 2. The molecule has 2 N–H and O–H groups in total. The maximum atomic E-state index is 12.1. The van der Waals surface area contributed by atoms with Crippen molar-refractivity contribution in [3.05, 3.63) is 34.3 Å². The number of rotatable bonds is 4. The molecule has 0 radical (unpaired) electrons. The molecule has 2 rings (SSSR count). The topological polar surface area (TPSA) is 69.0 Å². The van der Waals surface area contributed by atoms with E-state index in [0.717, 1.165) is 35.7 Å². The van der Waals surface area contributed by atoms with E-state index in [1.807, 2.05) is 24.3 Å². The van der Waals surface area contributed by atoms with Gasteiger partial charge in [0.05, 0.1) is 0 Å². The monoisotopic (exact) mass is 436 g/mol. The molecular weight excluding hydrogens is 410 g/mol. The van der Waals surface area contributed by atoms with Crippen LogP contribution in [0.25, 0.3) is 0 Å². The molecule has 1 amide bonds. The van der Waals surface area contributed by atoms with E-state index in [-0.39, 0.29) is 18.5 Å². The normalized spacial score (nSPS) is 15.4. The Labute approximate surface area is 169 Å². The maximum absolute atomic E-state index is 12.1. The van der Waals surface area contributed by atoms with Gasteiger partial charge in [0.1, 0.15) is 5.60 Å². The second-order valence-electron chi connectivity index (χ2n) is 7.57. The lowest BCUT2D eigenvalue weighted by atomic mass is 10.1. The van der Waals surface area contributed by atoms with Crippen LogP contribution in [0.4, 0.5) is 4.79 Å². The van der Waals surface area contributed by atoms with Gasteiger partial charge in [-0.05, 0) is 57.9 Å². The van der Waals surface area contributed by atoms with Crippen molar-refractivity contribution in [2.45, 2.75) is 70.6 Å². The number of hydrogen-bond acceptors (Lipinski definition) is 3. The van der Waals surface area contributed by atoms with Crippen molar-refractivity contribution in [2.75, 3.05) is 0 Å². The summed E-state index contributed by atoms with van der Waals surface area (Å²) in [6.07, 6.45) is 3.60. The van der Waals surface area contributed by atoms with E-state index in [2.05, 4.69) is 33.1 Å². The second kappa shape index (κ2) is 9.80. The third kappa shape index (κ3) is 8.04. The van der Waals surface area contributed by atoms with Gasteiger partial charge >= 0.3 is 12.1 Å². The van der Waals surface area contributed by atoms with Crippen molar-refractivity contribution in [3.8, 4) is 11.8 Å². The van der Waals surface area contributed by atoms with E-state index in [9.17, 15) is 9.59 Å². The molecule has 0 aliphatic heterocycles. The van der Waals surface area contributed by atoms with Crippen LogP contribution < -0.4 is 5.32 Å². The van der Waals surface area contributed by atoms with Crippen molar-refractivity contribution in [2.24, 2.45) is 0 Å². The summed E-state index contributed by atoms with van der Waals surface area (Å²) in [5, 5.41) is 2.66. The fourth-order valence-corrected chi connectivity index (χ4v) is 2.96. The average molecular weight is 437 g/mol. The van der Waals surface area contributed by atoms with Gasteiger partial charge in [-0.15, -0.1) is 0 Å². The minimum absolute atomic E-state index is 0.00707. The number of esters is 1. The molecule has 1 atom stereocenters. The van der Waals surface area contributed by atoms with E-state index < -0.39 is 17.7 Å². The SMILES string of the molecule is CC(C)(C)OC(=O)N[C@@H](CC#Cc1ccc(Br)cc1)C(=[OH+])OC1CCCC1. The predicted molar refractivity (Wildman–Crippen MR) is 109 cm³/mol. The Kier molecular flexibility index (Phi) is 7.73. The van der Waals surface area contributed by atoms with Gasteiger partial charge in [-0.1, -0.05) is 27.8 Å². The van der Waals surface area contributed by atoms with Crippen LogP contribution in [0.2, 0.25) is 0 Å². The van der Waals surface area contributed by atoms with Gasteiger partial charge in [-0.2, -0.15) is 0 Å². The fourth-order valence-electron chi connectivity index (χ4n) is 2.70. The number of carbonyl (C=O) groups excluding carboxylic acids is 2. The van der Waals surface area contributed by atoms with Gasteiger partial charge in [0, 0.05) is 29.3 Å². The van der Waals surface area contributed by atoms with Gasteiger partial charge < -0.3 is 19.6 Å². The molecule has 1 aromatic rings. The summed E-state index contributed by atoms with van der Waals surface area (Å²) in [6.45, 7) is 5.36. The van der Waals surface area contributed by atoms with Gasteiger partial charge in [0.15, 0.2) is 12.1 Å². The summed E-state index contributed by atoms with van der Waals surface area (Å²) in [4.78, 5) is 22.5. The van der Waals surface area contributed by atoms with Gasteiger partial charge in [-0.3, -0.25) is 0 Å². The standard InChI is InChI=1S/C21H26BrNO4/c1-21(2,3)27-20(25)23-18(19(24)26-17-8-4-5-9-17)10-6-7-15-11-13-16(22)14-12-15/h11-14,17-18H,4-5,8-10H2,1-3H3,(H,23,25)/p+1/t18-/m0/s1. The molecule has 0 saturated heterocycles. The quantitative estimate of drug-likeness (QED) is 0.427. The lowest BCUT2D eigenvalue weighted by Gasteiger charge is -2.21. The molecule has 0 unspecified atom stereocenters. The summed E-state index contributed by atoms with van der Waals surface area (Å²) >= 11 is 3.39. The van der Waals surface area contributed by atoms with Gasteiger partial charge in [-0.25, -0.2) is 4.79 Å². The first-order valence-electron chi connectivity index (χ1n) is 9.19. The molecule has 0 bridgehead atoms. The summed E-state index contributed by atoms with van der Waals surface area (Å²) in [7, 11) is 0. The molecule has 5 nitrogen and oxygen atoms in total. The van der Waals surface area contributed by atoms with Crippen LogP contribution >= 0.6 is 15.9 Å². The number of nitrogens with one attached hydrogen (secondary N) is 1. The Morgan fingerprint density at radius 1 is 1.30 bits per heavy atom. The zero-order valence-corrected chi connectivity index (χ0v) is 17.6. The molecule has 1 aromatic carbocycles. The molecule has 1 aliphatic rings. The maximum Gasteiger partial charge on any atom is 0.507 e. The average Bonchev–Trinajstić information content (AvgIpc) is 3.07. The predicted octanol–water partition coefficient (Wildman–Crippen LogP) is 4.55.